The predicted octanol–water partition coefficient (Wildman–Crippen LogP) is 1.62. The monoisotopic (exact) mass is 225 g/mol. The van der Waals surface area contributed by atoms with Crippen LogP contribution in [-0.4, -0.2) is 24.4 Å². The number of fused-ring (bicyclic) bond motifs is 1. The van der Waals surface area contributed by atoms with Crippen molar-refractivity contribution in [3.05, 3.63) is 29.6 Å². The summed E-state index contributed by atoms with van der Waals surface area (Å²) in [6.07, 6.45) is 0.461. The number of aliphatic hydroxyl groups excluding tert-OH is 1. The molecule has 0 bridgehead atoms. The minimum absolute atomic E-state index is 0.0152. The van der Waals surface area contributed by atoms with Crippen LogP contribution in [0, 0.1) is 5.82 Å². The summed E-state index contributed by atoms with van der Waals surface area (Å²) in [6.45, 7) is 2.79. The molecule has 2 rings (SSSR count). The van der Waals surface area contributed by atoms with Crippen molar-refractivity contribution in [2.75, 3.05) is 13.2 Å². The lowest BCUT2D eigenvalue weighted by Crippen LogP contribution is -2.34. The topological polar surface area (TPSA) is 41.5 Å². The summed E-state index contributed by atoms with van der Waals surface area (Å²) < 4.78 is 18.7. The Morgan fingerprint density at radius 3 is 3.06 bits per heavy atom. The molecule has 0 spiro atoms. The van der Waals surface area contributed by atoms with Gasteiger partial charge >= 0.3 is 0 Å². The standard InChI is InChI=1S/C12H16FNO2/c1-2-14-11-6-9(7-15)16-12-4-3-8(13)5-10(11)12/h3-5,9,11,14-15H,2,6-7H2,1H3. The molecule has 1 heterocycles. The molecule has 1 aromatic rings. The first-order chi connectivity index (χ1) is 7.74. The molecular weight excluding hydrogens is 209 g/mol. The summed E-state index contributed by atoms with van der Waals surface area (Å²) in [5.41, 5.74) is 0.839. The first kappa shape index (κ1) is 11.4. The summed E-state index contributed by atoms with van der Waals surface area (Å²) in [5, 5.41) is 12.4. The molecule has 2 unspecified atom stereocenters. The third-order valence-corrected chi connectivity index (χ3v) is 2.79. The third kappa shape index (κ3) is 2.18. The van der Waals surface area contributed by atoms with Gasteiger partial charge in [0.2, 0.25) is 0 Å². The van der Waals surface area contributed by atoms with Crippen molar-refractivity contribution in [2.24, 2.45) is 0 Å². The zero-order valence-corrected chi connectivity index (χ0v) is 9.24. The van der Waals surface area contributed by atoms with Gasteiger partial charge < -0.3 is 15.2 Å². The van der Waals surface area contributed by atoms with Crippen LogP contribution in [0.25, 0.3) is 0 Å². The number of halogens is 1. The van der Waals surface area contributed by atoms with E-state index in [4.69, 9.17) is 9.84 Å². The lowest BCUT2D eigenvalue weighted by Gasteiger charge is -2.31. The van der Waals surface area contributed by atoms with Crippen LogP contribution in [0.15, 0.2) is 18.2 Å². The number of hydrogen-bond acceptors (Lipinski definition) is 3. The summed E-state index contributed by atoms with van der Waals surface area (Å²) >= 11 is 0. The van der Waals surface area contributed by atoms with E-state index in [1.54, 1.807) is 6.07 Å². The second kappa shape index (κ2) is 4.80. The highest BCUT2D eigenvalue weighted by atomic mass is 19.1. The lowest BCUT2D eigenvalue weighted by atomic mass is 9.96. The average molecular weight is 225 g/mol. The van der Waals surface area contributed by atoms with Gasteiger partial charge in [0.15, 0.2) is 0 Å². The van der Waals surface area contributed by atoms with Gasteiger partial charge in [-0.15, -0.1) is 0 Å². The van der Waals surface area contributed by atoms with Gasteiger partial charge in [-0.1, -0.05) is 6.92 Å². The number of aliphatic hydroxyl groups is 1. The summed E-state index contributed by atoms with van der Waals surface area (Å²) in [7, 11) is 0. The van der Waals surface area contributed by atoms with E-state index in [9.17, 15) is 4.39 Å². The Labute approximate surface area is 94.2 Å². The molecule has 2 atom stereocenters. The van der Waals surface area contributed by atoms with Gasteiger partial charge in [-0.05, 0) is 24.7 Å². The number of rotatable bonds is 3. The van der Waals surface area contributed by atoms with Crippen molar-refractivity contribution in [3.63, 3.8) is 0 Å². The van der Waals surface area contributed by atoms with E-state index in [0.717, 1.165) is 12.1 Å². The van der Waals surface area contributed by atoms with Crippen molar-refractivity contribution in [1.29, 1.82) is 0 Å². The largest absolute Gasteiger partial charge is 0.488 e. The highest BCUT2D eigenvalue weighted by Gasteiger charge is 2.27. The molecule has 1 aliphatic rings. The normalized spacial score (nSPS) is 23.7. The Morgan fingerprint density at radius 1 is 1.56 bits per heavy atom. The number of nitrogens with one attached hydrogen (secondary N) is 1. The molecule has 0 saturated carbocycles. The summed E-state index contributed by atoms with van der Waals surface area (Å²) in [6, 6.07) is 4.55. The number of ether oxygens (including phenoxy) is 1. The van der Waals surface area contributed by atoms with Crippen molar-refractivity contribution in [3.8, 4) is 5.75 Å². The van der Waals surface area contributed by atoms with E-state index >= 15 is 0 Å². The van der Waals surface area contributed by atoms with Crippen molar-refractivity contribution in [1.82, 2.24) is 5.32 Å². The number of hydrogen-bond donors (Lipinski definition) is 2. The maximum Gasteiger partial charge on any atom is 0.124 e. The van der Waals surface area contributed by atoms with Crippen molar-refractivity contribution in [2.45, 2.75) is 25.5 Å². The minimum Gasteiger partial charge on any atom is -0.488 e. The Balaban J connectivity index is 2.31. The Kier molecular flexibility index (Phi) is 3.41. The molecule has 1 aromatic carbocycles. The van der Waals surface area contributed by atoms with Gasteiger partial charge in [0, 0.05) is 18.0 Å². The van der Waals surface area contributed by atoms with Gasteiger partial charge in [-0.2, -0.15) is 0 Å². The van der Waals surface area contributed by atoms with Gasteiger partial charge in [0.1, 0.15) is 17.7 Å². The van der Waals surface area contributed by atoms with Gasteiger partial charge in [-0.3, -0.25) is 0 Å². The second-order valence-corrected chi connectivity index (χ2v) is 3.95. The molecule has 0 aliphatic carbocycles. The molecule has 0 saturated heterocycles. The fourth-order valence-electron chi connectivity index (χ4n) is 2.07. The molecule has 1 aliphatic heterocycles. The maximum atomic E-state index is 13.2. The zero-order chi connectivity index (χ0) is 11.5. The van der Waals surface area contributed by atoms with Crippen LogP contribution in [0.2, 0.25) is 0 Å². The first-order valence-corrected chi connectivity index (χ1v) is 5.55. The Bertz CT molecular complexity index is 370. The van der Waals surface area contributed by atoms with E-state index in [-0.39, 0.29) is 24.6 Å². The van der Waals surface area contributed by atoms with Crippen molar-refractivity contribution >= 4 is 0 Å². The second-order valence-electron chi connectivity index (χ2n) is 3.95. The minimum atomic E-state index is -0.257. The van der Waals surface area contributed by atoms with Gasteiger partial charge in [0.25, 0.3) is 0 Å². The molecule has 0 amide bonds. The van der Waals surface area contributed by atoms with Crippen LogP contribution < -0.4 is 10.1 Å². The Morgan fingerprint density at radius 2 is 2.38 bits per heavy atom. The third-order valence-electron chi connectivity index (χ3n) is 2.79. The molecule has 0 fully saturated rings. The fraction of sp³-hybridized carbons (Fsp3) is 0.500. The fourth-order valence-corrected chi connectivity index (χ4v) is 2.07. The highest BCUT2D eigenvalue weighted by Crippen LogP contribution is 2.34. The summed E-state index contributed by atoms with van der Waals surface area (Å²) in [4.78, 5) is 0. The molecule has 3 nitrogen and oxygen atoms in total. The van der Waals surface area contributed by atoms with E-state index < -0.39 is 0 Å². The number of benzene rings is 1. The summed E-state index contributed by atoms with van der Waals surface area (Å²) in [5.74, 6) is 0.408. The lowest BCUT2D eigenvalue weighted by molar-refractivity contribution is 0.0835. The molecule has 2 N–H and O–H groups in total. The highest BCUT2D eigenvalue weighted by molar-refractivity contribution is 5.38. The van der Waals surface area contributed by atoms with Gasteiger partial charge in [0.05, 0.1) is 6.61 Å². The Hall–Kier alpha value is -1.13. The predicted molar refractivity (Wildman–Crippen MR) is 58.9 cm³/mol. The smallest absolute Gasteiger partial charge is 0.124 e. The van der Waals surface area contributed by atoms with Crippen LogP contribution in [0.5, 0.6) is 5.75 Å². The molecule has 16 heavy (non-hydrogen) atoms. The average Bonchev–Trinajstić information content (AvgIpc) is 2.30. The van der Waals surface area contributed by atoms with E-state index in [1.807, 2.05) is 6.92 Å². The van der Waals surface area contributed by atoms with Crippen LogP contribution >= 0.6 is 0 Å². The van der Waals surface area contributed by atoms with E-state index in [0.29, 0.717) is 12.2 Å². The van der Waals surface area contributed by atoms with Crippen molar-refractivity contribution < 1.29 is 14.2 Å². The van der Waals surface area contributed by atoms with Gasteiger partial charge in [-0.25, -0.2) is 4.39 Å². The van der Waals surface area contributed by atoms with E-state index in [1.165, 1.54) is 12.1 Å². The first-order valence-electron chi connectivity index (χ1n) is 5.55. The molecule has 0 aromatic heterocycles. The van der Waals surface area contributed by atoms with Crippen LogP contribution in [0.1, 0.15) is 24.9 Å². The van der Waals surface area contributed by atoms with E-state index in [2.05, 4.69) is 5.32 Å². The molecular formula is C12H16FNO2. The molecule has 0 radical (unpaired) electrons. The van der Waals surface area contributed by atoms with Crippen LogP contribution in [0.4, 0.5) is 4.39 Å². The molecule has 88 valence electrons. The maximum absolute atomic E-state index is 13.2. The quantitative estimate of drug-likeness (QED) is 0.821. The van der Waals surface area contributed by atoms with Crippen LogP contribution in [0.3, 0.4) is 0 Å². The molecule has 4 heteroatoms. The SMILES string of the molecule is CCNC1CC(CO)Oc2ccc(F)cc21. The zero-order valence-electron chi connectivity index (χ0n) is 9.24. The van der Waals surface area contributed by atoms with Crippen LogP contribution in [-0.2, 0) is 0 Å².